The van der Waals surface area contributed by atoms with Gasteiger partial charge in [-0.05, 0) is 37.6 Å². The van der Waals surface area contributed by atoms with Crippen LogP contribution in [0.5, 0.6) is 0 Å². The van der Waals surface area contributed by atoms with Crippen molar-refractivity contribution in [2.24, 2.45) is 0 Å². The summed E-state index contributed by atoms with van der Waals surface area (Å²) in [6, 6.07) is 7.73. The van der Waals surface area contributed by atoms with Gasteiger partial charge >= 0.3 is 0 Å². The van der Waals surface area contributed by atoms with E-state index in [-0.39, 0.29) is 23.7 Å². The molecule has 20 heavy (non-hydrogen) atoms. The minimum absolute atomic E-state index is 0. The Morgan fingerprint density at radius 1 is 1.20 bits per heavy atom. The van der Waals surface area contributed by atoms with Crippen molar-refractivity contribution in [2.45, 2.75) is 31.1 Å². The zero-order valence-electron chi connectivity index (χ0n) is 11.7. The summed E-state index contributed by atoms with van der Waals surface area (Å²) in [5.41, 5.74) is 0.745. The molecule has 1 aliphatic rings. The highest BCUT2D eigenvalue weighted by molar-refractivity contribution is 6.30. The van der Waals surface area contributed by atoms with Crippen LogP contribution in [0.15, 0.2) is 24.3 Å². The monoisotopic (exact) mass is 316 g/mol. The molecule has 0 atom stereocenters. The molecule has 1 aromatic rings. The Morgan fingerprint density at radius 2 is 1.80 bits per heavy atom. The Balaban J connectivity index is 0.00000200. The molecule has 5 heteroatoms. The fourth-order valence-electron chi connectivity index (χ4n) is 2.86. The maximum Gasteiger partial charge on any atom is 0.230 e. The third kappa shape index (κ3) is 3.66. The fourth-order valence-corrected chi connectivity index (χ4v) is 2.99. The van der Waals surface area contributed by atoms with Crippen LogP contribution in [0.3, 0.4) is 0 Å². The normalized spacial score (nSPS) is 16.5. The molecule has 112 valence electrons. The molecule has 1 fully saturated rings. The van der Waals surface area contributed by atoms with Crippen molar-refractivity contribution < 1.29 is 4.79 Å². The van der Waals surface area contributed by atoms with Gasteiger partial charge in [-0.1, -0.05) is 36.6 Å². The van der Waals surface area contributed by atoms with Gasteiger partial charge in [-0.3, -0.25) is 4.79 Å². The largest absolute Gasteiger partial charge is 0.354 e. The minimum Gasteiger partial charge on any atom is -0.354 e. The van der Waals surface area contributed by atoms with E-state index in [1.165, 1.54) is 0 Å². The molecule has 0 heterocycles. The van der Waals surface area contributed by atoms with E-state index in [4.69, 9.17) is 11.6 Å². The Kier molecular flexibility index (Phi) is 6.80. The number of carbonyl (C=O) groups excluding carboxylic acids is 1. The van der Waals surface area contributed by atoms with Gasteiger partial charge in [-0.15, -0.1) is 12.4 Å². The number of halogens is 2. The summed E-state index contributed by atoms with van der Waals surface area (Å²) in [4.78, 5) is 12.6. The van der Waals surface area contributed by atoms with E-state index in [9.17, 15) is 4.79 Å². The SMILES string of the molecule is CNCCNC(=O)C1(c2ccc(Cl)cc2)CCCC1.Cl. The standard InChI is InChI=1S/C15H21ClN2O.ClH/c1-17-10-11-18-14(19)15(8-2-3-9-15)12-4-6-13(16)7-5-12;/h4-7,17H,2-3,8-11H2,1H3,(H,18,19);1H. The highest BCUT2D eigenvalue weighted by Crippen LogP contribution is 2.41. The maximum atomic E-state index is 12.6. The average molecular weight is 317 g/mol. The number of amides is 1. The zero-order chi connectivity index (χ0) is 13.7. The number of nitrogens with one attached hydrogen (secondary N) is 2. The summed E-state index contributed by atoms with van der Waals surface area (Å²) in [7, 11) is 1.89. The van der Waals surface area contributed by atoms with E-state index in [1.807, 2.05) is 31.3 Å². The second-order valence-corrected chi connectivity index (χ2v) is 5.59. The van der Waals surface area contributed by atoms with Gasteiger partial charge < -0.3 is 10.6 Å². The molecule has 0 aliphatic heterocycles. The fraction of sp³-hybridized carbons (Fsp3) is 0.533. The Hall–Kier alpha value is -0.770. The van der Waals surface area contributed by atoms with Crippen LogP contribution in [0.1, 0.15) is 31.2 Å². The summed E-state index contributed by atoms with van der Waals surface area (Å²) >= 11 is 5.94. The van der Waals surface area contributed by atoms with Crippen LogP contribution >= 0.6 is 24.0 Å². The molecule has 0 aromatic heterocycles. The van der Waals surface area contributed by atoms with Crippen molar-refractivity contribution in [1.82, 2.24) is 10.6 Å². The first-order valence-corrected chi connectivity index (χ1v) is 7.26. The van der Waals surface area contributed by atoms with Gasteiger partial charge in [0.15, 0.2) is 0 Å². The van der Waals surface area contributed by atoms with Crippen molar-refractivity contribution in [2.75, 3.05) is 20.1 Å². The molecule has 0 bridgehead atoms. The molecule has 1 amide bonds. The van der Waals surface area contributed by atoms with E-state index in [2.05, 4.69) is 10.6 Å². The third-order valence-electron chi connectivity index (χ3n) is 3.95. The lowest BCUT2D eigenvalue weighted by Gasteiger charge is -2.28. The number of hydrogen-bond donors (Lipinski definition) is 2. The van der Waals surface area contributed by atoms with Gasteiger partial charge in [0.05, 0.1) is 5.41 Å². The van der Waals surface area contributed by atoms with Crippen molar-refractivity contribution >= 4 is 29.9 Å². The van der Waals surface area contributed by atoms with E-state index in [0.717, 1.165) is 37.8 Å². The molecular weight excluding hydrogens is 295 g/mol. The lowest BCUT2D eigenvalue weighted by molar-refractivity contribution is -0.126. The molecule has 3 nitrogen and oxygen atoms in total. The van der Waals surface area contributed by atoms with E-state index in [0.29, 0.717) is 11.6 Å². The van der Waals surface area contributed by atoms with Crippen LogP contribution in [0.25, 0.3) is 0 Å². The quantitative estimate of drug-likeness (QED) is 0.820. The van der Waals surface area contributed by atoms with Gasteiger partial charge in [-0.25, -0.2) is 0 Å². The molecule has 0 radical (unpaired) electrons. The summed E-state index contributed by atoms with van der Waals surface area (Å²) < 4.78 is 0. The molecule has 1 aliphatic carbocycles. The van der Waals surface area contributed by atoms with Gasteiger partial charge in [0.1, 0.15) is 0 Å². The van der Waals surface area contributed by atoms with Gasteiger partial charge in [0, 0.05) is 18.1 Å². The maximum absolute atomic E-state index is 12.6. The molecule has 2 rings (SSSR count). The molecular formula is C15H22Cl2N2O. The molecule has 0 saturated heterocycles. The van der Waals surface area contributed by atoms with Crippen LogP contribution in [-0.4, -0.2) is 26.0 Å². The average Bonchev–Trinajstić information content (AvgIpc) is 2.90. The highest BCUT2D eigenvalue weighted by Gasteiger charge is 2.42. The van der Waals surface area contributed by atoms with Crippen LogP contribution in [-0.2, 0) is 10.2 Å². The summed E-state index contributed by atoms with van der Waals surface area (Å²) in [5.74, 6) is 0.155. The summed E-state index contributed by atoms with van der Waals surface area (Å²) in [6.45, 7) is 1.47. The van der Waals surface area contributed by atoms with Gasteiger partial charge in [-0.2, -0.15) is 0 Å². The minimum atomic E-state index is -0.349. The predicted molar refractivity (Wildman–Crippen MR) is 85.8 cm³/mol. The predicted octanol–water partition coefficient (Wildman–Crippen LogP) is 2.91. The third-order valence-corrected chi connectivity index (χ3v) is 4.20. The molecule has 0 spiro atoms. The van der Waals surface area contributed by atoms with Crippen LogP contribution < -0.4 is 10.6 Å². The molecule has 1 aromatic carbocycles. The van der Waals surface area contributed by atoms with Crippen molar-refractivity contribution in [3.8, 4) is 0 Å². The molecule has 1 saturated carbocycles. The first kappa shape index (κ1) is 17.3. The van der Waals surface area contributed by atoms with Crippen LogP contribution in [0.4, 0.5) is 0 Å². The Morgan fingerprint density at radius 3 is 2.35 bits per heavy atom. The van der Waals surface area contributed by atoms with E-state index >= 15 is 0 Å². The number of rotatable bonds is 5. The summed E-state index contributed by atoms with van der Waals surface area (Å²) in [6.07, 6.45) is 4.09. The second kappa shape index (κ2) is 7.87. The number of carbonyl (C=O) groups is 1. The second-order valence-electron chi connectivity index (χ2n) is 5.16. The smallest absolute Gasteiger partial charge is 0.230 e. The number of hydrogen-bond acceptors (Lipinski definition) is 2. The zero-order valence-corrected chi connectivity index (χ0v) is 13.3. The Bertz CT molecular complexity index is 428. The van der Waals surface area contributed by atoms with E-state index < -0.39 is 0 Å². The van der Waals surface area contributed by atoms with Crippen molar-refractivity contribution in [3.05, 3.63) is 34.9 Å². The molecule has 0 unspecified atom stereocenters. The highest BCUT2D eigenvalue weighted by atomic mass is 35.5. The number of likely N-dealkylation sites (N-methyl/N-ethyl adjacent to an activating group) is 1. The van der Waals surface area contributed by atoms with Gasteiger partial charge in [0.25, 0.3) is 0 Å². The number of benzene rings is 1. The lowest BCUT2D eigenvalue weighted by atomic mass is 9.78. The van der Waals surface area contributed by atoms with Crippen molar-refractivity contribution in [3.63, 3.8) is 0 Å². The Labute approximate surface area is 131 Å². The molecule has 2 N–H and O–H groups in total. The lowest BCUT2D eigenvalue weighted by Crippen LogP contribution is -2.44. The van der Waals surface area contributed by atoms with E-state index in [1.54, 1.807) is 0 Å². The first-order valence-electron chi connectivity index (χ1n) is 6.88. The van der Waals surface area contributed by atoms with Crippen LogP contribution in [0, 0.1) is 0 Å². The topological polar surface area (TPSA) is 41.1 Å². The van der Waals surface area contributed by atoms with Crippen molar-refractivity contribution in [1.29, 1.82) is 0 Å². The van der Waals surface area contributed by atoms with Gasteiger partial charge in [0.2, 0.25) is 5.91 Å². The van der Waals surface area contributed by atoms with Crippen LogP contribution in [0.2, 0.25) is 5.02 Å². The first-order chi connectivity index (χ1) is 9.19. The summed E-state index contributed by atoms with van der Waals surface area (Å²) in [5, 5.41) is 6.80.